The van der Waals surface area contributed by atoms with Gasteiger partial charge in [-0.2, -0.15) is 0 Å². The van der Waals surface area contributed by atoms with E-state index < -0.39 is 0 Å². The normalized spacial score (nSPS) is 19.1. The highest BCUT2D eigenvalue weighted by Crippen LogP contribution is 2.41. The molecule has 1 aliphatic carbocycles. The molecule has 0 aromatic rings. The van der Waals surface area contributed by atoms with Crippen LogP contribution in [0.1, 0.15) is 97.3 Å². The highest BCUT2D eigenvalue weighted by molar-refractivity contribution is 4.79. The van der Waals surface area contributed by atoms with E-state index in [0.717, 1.165) is 5.41 Å². The lowest BCUT2D eigenvalue weighted by Crippen LogP contribution is -2.10. The summed E-state index contributed by atoms with van der Waals surface area (Å²) in [5, 5.41) is 0. The first-order valence-electron chi connectivity index (χ1n) is 7.77. The van der Waals surface area contributed by atoms with Crippen molar-refractivity contribution in [3.8, 4) is 0 Å². The van der Waals surface area contributed by atoms with Crippen LogP contribution in [0.2, 0.25) is 0 Å². The average Bonchev–Trinajstić information content (AvgIpc) is 2.70. The van der Waals surface area contributed by atoms with E-state index in [2.05, 4.69) is 13.8 Å². The molecule has 16 heavy (non-hydrogen) atoms. The van der Waals surface area contributed by atoms with Gasteiger partial charge in [0.15, 0.2) is 0 Å². The van der Waals surface area contributed by atoms with E-state index in [1.807, 2.05) is 0 Å². The predicted octanol–water partition coefficient (Wildman–Crippen LogP) is 6.10. The zero-order valence-electron chi connectivity index (χ0n) is 11.7. The molecule has 0 atom stereocenters. The molecule has 0 saturated heterocycles. The lowest BCUT2D eigenvalue weighted by atomic mass is 9.83. The molecule has 0 aromatic carbocycles. The molecular weight excluding hydrogens is 192 g/mol. The molecule has 0 aliphatic heterocycles. The van der Waals surface area contributed by atoms with Gasteiger partial charge in [0.25, 0.3) is 0 Å². The van der Waals surface area contributed by atoms with Crippen molar-refractivity contribution in [2.24, 2.45) is 5.41 Å². The molecule has 0 heterocycles. The van der Waals surface area contributed by atoms with Gasteiger partial charge < -0.3 is 0 Å². The lowest BCUT2D eigenvalue weighted by Gasteiger charge is -2.23. The summed E-state index contributed by atoms with van der Waals surface area (Å²) in [6, 6.07) is 0. The number of rotatable bonds is 9. The molecule has 0 heteroatoms. The molecule has 0 radical (unpaired) electrons. The van der Waals surface area contributed by atoms with E-state index in [4.69, 9.17) is 0 Å². The first-order chi connectivity index (χ1) is 7.77. The Morgan fingerprint density at radius 1 is 0.750 bits per heavy atom. The van der Waals surface area contributed by atoms with Gasteiger partial charge in [-0.05, 0) is 24.7 Å². The summed E-state index contributed by atoms with van der Waals surface area (Å²) in [6.45, 7) is 4.81. The van der Waals surface area contributed by atoms with Crippen molar-refractivity contribution >= 4 is 0 Å². The van der Waals surface area contributed by atoms with E-state index in [9.17, 15) is 0 Å². The second-order valence-electron chi connectivity index (χ2n) is 6.24. The molecule has 1 fully saturated rings. The fraction of sp³-hybridized carbons (Fsp3) is 1.00. The van der Waals surface area contributed by atoms with Crippen molar-refractivity contribution in [2.75, 3.05) is 0 Å². The summed E-state index contributed by atoms with van der Waals surface area (Å²) in [4.78, 5) is 0. The quantitative estimate of drug-likeness (QED) is 0.415. The molecule has 0 nitrogen and oxygen atoms in total. The number of hydrogen-bond donors (Lipinski definition) is 0. The summed E-state index contributed by atoms with van der Waals surface area (Å²) in [5.74, 6) is 0. The van der Waals surface area contributed by atoms with Crippen LogP contribution in [0, 0.1) is 5.41 Å². The maximum Gasteiger partial charge on any atom is -0.0326 e. The first kappa shape index (κ1) is 14.1. The van der Waals surface area contributed by atoms with Crippen LogP contribution >= 0.6 is 0 Å². The molecule has 1 rings (SSSR count). The van der Waals surface area contributed by atoms with Crippen LogP contribution in [-0.4, -0.2) is 0 Å². The van der Waals surface area contributed by atoms with Gasteiger partial charge in [-0.3, -0.25) is 0 Å². The third kappa shape index (κ3) is 5.92. The van der Waals surface area contributed by atoms with Gasteiger partial charge in [0.1, 0.15) is 0 Å². The second kappa shape index (κ2) is 8.14. The van der Waals surface area contributed by atoms with E-state index in [0.29, 0.717) is 0 Å². The fourth-order valence-corrected chi connectivity index (χ4v) is 3.16. The Hall–Kier alpha value is 0. The number of unbranched alkanes of at least 4 members (excludes halogenated alkanes) is 7. The van der Waals surface area contributed by atoms with Crippen LogP contribution in [0.15, 0.2) is 0 Å². The van der Waals surface area contributed by atoms with Crippen LogP contribution < -0.4 is 0 Å². The summed E-state index contributed by atoms with van der Waals surface area (Å²) >= 11 is 0. The standard InChI is InChI=1S/C16H32/c1-3-4-5-6-7-8-9-10-13-16(2)14-11-12-15-16/h3-15H2,1-2H3. The molecule has 0 bridgehead atoms. The van der Waals surface area contributed by atoms with Gasteiger partial charge in [-0.1, -0.05) is 78.1 Å². The van der Waals surface area contributed by atoms with Crippen molar-refractivity contribution in [1.82, 2.24) is 0 Å². The van der Waals surface area contributed by atoms with Crippen molar-refractivity contribution in [3.05, 3.63) is 0 Å². The Balaban J connectivity index is 1.84. The van der Waals surface area contributed by atoms with Gasteiger partial charge in [0, 0.05) is 0 Å². The minimum absolute atomic E-state index is 0.738. The predicted molar refractivity (Wildman–Crippen MR) is 73.8 cm³/mol. The van der Waals surface area contributed by atoms with E-state index >= 15 is 0 Å². The van der Waals surface area contributed by atoms with E-state index in [1.165, 1.54) is 83.5 Å². The van der Waals surface area contributed by atoms with E-state index in [1.54, 1.807) is 0 Å². The van der Waals surface area contributed by atoms with Gasteiger partial charge >= 0.3 is 0 Å². The molecular formula is C16H32. The van der Waals surface area contributed by atoms with Gasteiger partial charge in [-0.25, -0.2) is 0 Å². The van der Waals surface area contributed by atoms with Crippen molar-refractivity contribution in [2.45, 2.75) is 97.3 Å². The Morgan fingerprint density at radius 3 is 1.81 bits per heavy atom. The topological polar surface area (TPSA) is 0 Å². The molecule has 0 aromatic heterocycles. The Morgan fingerprint density at radius 2 is 1.25 bits per heavy atom. The third-order valence-corrected chi connectivity index (χ3v) is 4.44. The van der Waals surface area contributed by atoms with Crippen LogP contribution in [0.25, 0.3) is 0 Å². The highest BCUT2D eigenvalue weighted by atomic mass is 14.3. The van der Waals surface area contributed by atoms with Crippen LogP contribution in [0.3, 0.4) is 0 Å². The highest BCUT2D eigenvalue weighted by Gasteiger charge is 2.27. The zero-order valence-corrected chi connectivity index (χ0v) is 11.7. The van der Waals surface area contributed by atoms with Crippen LogP contribution in [-0.2, 0) is 0 Å². The molecule has 0 amide bonds. The Labute approximate surface area is 103 Å². The Kier molecular flexibility index (Phi) is 7.16. The summed E-state index contributed by atoms with van der Waals surface area (Å²) in [6.07, 6.45) is 19.2. The van der Waals surface area contributed by atoms with Crippen molar-refractivity contribution in [1.29, 1.82) is 0 Å². The summed E-state index contributed by atoms with van der Waals surface area (Å²) in [5.41, 5.74) is 0.738. The molecule has 0 spiro atoms. The lowest BCUT2D eigenvalue weighted by molar-refractivity contribution is 0.294. The largest absolute Gasteiger partial charge is 0.0654 e. The molecule has 0 unspecified atom stereocenters. The van der Waals surface area contributed by atoms with Gasteiger partial charge in [0.2, 0.25) is 0 Å². The fourth-order valence-electron chi connectivity index (χ4n) is 3.16. The minimum Gasteiger partial charge on any atom is -0.0654 e. The molecule has 1 saturated carbocycles. The van der Waals surface area contributed by atoms with Crippen LogP contribution in [0.4, 0.5) is 0 Å². The molecule has 96 valence electrons. The SMILES string of the molecule is CCCCCCCCCCC1(C)CCCC1. The van der Waals surface area contributed by atoms with E-state index in [-0.39, 0.29) is 0 Å². The number of hydrogen-bond acceptors (Lipinski definition) is 0. The van der Waals surface area contributed by atoms with Crippen molar-refractivity contribution < 1.29 is 0 Å². The van der Waals surface area contributed by atoms with Crippen LogP contribution in [0.5, 0.6) is 0 Å². The maximum atomic E-state index is 2.52. The monoisotopic (exact) mass is 224 g/mol. The average molecular weight is 224 g/mol. The van der Waals surface area contributed by atoms with Crippen molar-refractivity contribution in [3.63, 3.8) is 0 Å². The maximum absolute atomic E-state index is 2.52. The molecule has 0 N–H and O–H groups in total. The second-order valence-corrected chi connectivity index (χ2v) is 6.24. The Bertz CT molecular complexity index is 153. The first-order valence-corrected chi connectivity index (χ1v) is 7.77. The zero-order chi connectivity index (χ0) is 11.7. The van der Waals surface area contributed by atoms with Gasteiger partial charge in [0.05, 0.1) is 0 Å². The smallest absolute Gasteiger partial charge is 0.0326 e. The molecule has 1 aliphatic rings. The third-order valence-electron chi connectivity index (χ3n) is 4.44. The van der Waals surface area contributed by atoms with Gasteiger partial charge in [-0.15, -0.1) is 0 Å². The minimum atomic E-state index is 0.738. The summed E-state index contributed by atoms with van der Waals surface area (Å²) < 4.78 is 0. The summed E-state index contributed by atoms with van der Waals surface area (Å²) in [7, 11) is 0.